The second-order valence-electron chi connectivity index (χ2n) is 5.14. The predicted octanol–water partition coefficient (Wildman–Crippen LogP) is 2.76. The van der Waals surface area contributed by atoms with Gasteiger partial charge in [0.1, 0.15) is 5.75 Å². The van der Waals surface area contributed by atoms with Crippen LogP contribution < -0.4 is 10.1 Å². The Morgan fingerprint density at radius 3 is 2.62 bits per heavy atom. The first-order valence-electron chi connectivity index (χ1n) is 7.23. The number of amides is 1. The molecular formula is C16H24N2O3. The van der Waals surface area contributed by atoms with E-state index in [4.69, 9.17) is 9.94 Å². The van der Waals surface area contributed by atoms with E-state index >= 15 is 0 Å². The van der Waals surface area contributed by atoms with Gasteiger partial charge in [0.25, 0.3) is 5.91 Å². The Morgan fingerprint density at radius 2 is 2.05 bits per heavy atom. The molecule has 0 aliphatic rings. The van der Waals surface area contributed by atoms with E-state index in [0.29, 0.717) is 17.9 Å². The topological polar surface area (TPSA) is 70.9 Å². The van der Waals surface area contributed by atoms with Gasteiger partial charge in [0.05, 0.1) is 5.71 Å². The lowest BCUT2D eigenvalue weighted by Crippen LogP contribution is -2.35. The molecule has 0 aromatic heterocycles. The number of aryl methyl sites for hydroxylation is 1. The summed E-state index contributed by atoms with van der Waals surface area (Å²) in [6, 6.07) is 7.76. The minimum atomic E-state index is -0.108. The molecule has 1 rings (SSSR count). The van der Waals surface area contributed by atoms with Gasteiger partial charge in [-0.05, 0) is 50.8 Å². The van der Waals surface area contributed by atoms with Crippen molar-refractivity contribution in [2.45, 2.75) is 46.1 Å². The predicted molar refractivity (Wildman–Crippen MR) is 83.0 cm³/mol. The number of benzene rings is 1. The smallest absolute Gasteiger partial charge is 0.258 e. The molecule has 0 spiro atoms. The summed E-state index contributed by atoms with van der Waals surface area (Å²) in [6.45, 7) is 5.80. The SMILES string of the molecule is CCC(C)NC(=O)COc1ccc(CC/C(C)=N/O)cc1. The Bertz CT molecular complexity index is 469. The Labute approximate surface area is 126 Å². The maximum Gasteiger partial charge on any atom is 0.258 e. The third kappa shape index (κ3) is 6.79. The molecular weight excluding hydrogens is 268 g/mol. The summed E-state index contributed by atoms with van der Waals surface area (Å²) in [4.78, 5) is 11.6. The summed E-state index contributed by atoms with van der Waals surface area (Å²) >= 11 is 0. The summed E-state index contributed by atoms with van der Waals surface area (Å²) < 4.78 is 5.44. The molecule has 0 bridgehead atoms. The molecule has 2 N–H and O–H groups in total. The lowest BCUT2D eigenvalue weighted by molar-refractivity contribution is -0.123. The van der Waals surface area contributed by atoms with Gasteiger partial charge in [0.2, 0.25) is 0 Å². The van der Waals surface area contributed by atoms with Crippen LogP contribution in [0.2, 0.25) is 0 Å². The number of carbonyl (C=O) groups is 1. The summed E-state index contributed by atoms with van der Waals surface area (Å²) in [5.41, 5.74) is 1.84. The Kier molecular flexibility index (Phi) is 7.29. The van der Waals surface area contributed by atoms with E-state index in [2.05, 4.69) is 10.5 Å². The van der Waals surface area contributed by atoms with Crippen LogP contribution in [0.15, 0.2) is 29.4 Å². The van der Waals surface area contributed by atoms with Crippen molar-refractivity contribution >= 4 is 11.6 Å². The van der Waals surface area contributed by atoms with Crippen LogP contribution in [0, 0.1) is 0 Å². The van der Waals surface area contributed by atoms with E-state index in [1.54, 1.807) is 6.92 Å². The normalized spacial score (nSPS) is 12.8. The van der Waals surface area contributed by atoms with Gasteiger partial charge in [0, 0.05) is 6.04 Å². The first-order chi connectivity index (χ1) is 10.0. The molecule has 0 radical (unpaired) electrons. The van der Waals surface area contributed by atoms with Gasteiger partial charge >= 0.3 is 0 Å². The van der Waals surface area contributed by atoms with Gasteiger partial charge in [-0.25, -0.2) is 0 Å². The number of hydrogen-bond donors (Lipinski definition) is 2. The van der Waals surface area contributed by atoms with Gasteiger partial charge in [-0.15, -0.1) is 0 Å². The summed E-state index contributed by atoms with van der Waals surface area (Å²) in [5.74, 6) is 0.564. The molecule has 0 aliphatic carbocycles. The minimum absolute atomic E-state index is 0.0277. The van der Waals surface area contributed by atoms with Crippen molar-refractivity contribution in [1.82, 2.24) is 5.32 Å². The standard InChI is InChI=1S/C16H24N2O3/c1-4-12(2)17-16(19)11-21-15-9-7-14(8-10-15)6-5-13(3)18-20/h7-10,12,20H,4-6,11H2,1-3H3,(H,17,19)/b18-13+. The van der Waals surface area contributed by atoms with Gasteiger partial charge in [-0.3, -0.25) is 4.79 Å². The van der Waals surface area contributed by atoms with E-state index < -0.39 is 0 Å². The van der Waals surface area contributed by atoms with Crippen molar-refractivity contribution < 1.29 is 14.7 Å². The molecule has 5 heteroatoms. The largest absolute Gasteiger partial charge is 0.484 e. The van der Waals surface area contributed by atoms with Crippen molar-refractivity contribution in [3.05, 3.63) is 29.8 Å². The number of hydrogen-bond acceptors (Lipinski definition) is 4. The Balaban J connectivity index is 2.39. The van der Waals surface area contributed by atoms with Crippen LogP contribution in [0.25, 0.3) is 0 Å². The zero-order chi connectivity index (χ0) is 15.7. The fourth-order valence-corrected chi connectivity index (χ4v) is 1.70. The highest BCUT2D eigenvalue weighted by atomic mass is 16.5. The molecule has 21 heavy (non-hydrogen) atoms. The highest BCUT2D eigenvalue weighted by molar-refractivity contribution is 5.81. The van der Waals surface area contributed by atoms with Crippen LogP contribution >= 0.6 is 0 Å². The van der Waals surface area contributed by atoms with Crippen molar-refractivity contribution in [1.29, 1.82) is 0 Å². The summed E-state index contributed by atoms with van der Waals surface area (Å²) in [6.07, 6.45) is 2.43. The molecule has 1 aromatic carbocycles. The average molecular weight is 292 g/mol. The van der Waals surface area contributed by atoms with Gasteiger partial charge in [-0.2, -0.15) is 0 Å². The van der Waals surface area contributed by atoms with Crippen molar-refractivity contribution in [3.63, 3.8) is 0 Å². The van der Waals surface area contributed by atoms with E-state index in [1.807, 2.05) is 38.1 Å². The Hall–Kier alpha value is -2.04. The van der Waals surface area contributed by atoms with Crippen LogP contribution in [0.5, 0.6) is 5.75 Å². The maximum absolute atomic E-state index is 11.6. The highest BCUT2D eigenvalue weighted by Gasteiger charge is 2.06. The van der Waals surface area contributed by atoms with Crippen molar-refractivity contribution in [2.24, 2.45) is 5.16 Å². The number of nitrogens with one attached hydrogen (secondary N) is 1. The molecule has 0 saturated carbocycles. The van der Waals surface area contributed by atoms with Crippen LogP contribution in [-0.4, -0.2) is 29.5 Å². The van der Waals surface area contributed by atoms with Gasteiger partial charge in [0.15, 0.2) is 6.61 Å². The molecule has 0 aliphatic heterocycles. The molecule has 1 atom stereocenters. The summed E-state index contributed by atoms with van der Waals surface area (Å²) in [5, 5.41) is 14.6. The second kappa shape index (κ2) is 9.00. The van der Waals surface area contributed by atoms with Crippen LogP contribution in [-0.2, 0) is 11.2 Å². The highest BCUT2D eigenvalue weighted by Crippen LogP contribution is 2.13. The second-order valence-corrected chi connectivity index (χ2v) is 5.14. The zero-order valence-electron chi connectivity index (χ0n) is 12.9. The van der Waals surface area contributed by atoms with E-state index in [0.717, 1.165) is 18.4 Å². The monoisotopic (exact) mass is 292 g/mol. The molecule has 1 amide bonds. The molecule has 0 heterocycles. The van der Waals surface area contributed by atoms with Crippen LogP contribution in [0.3, 0.4) is 0 Å². The molecule has 1 aromatic rings. The molecule has 0 saturated heterocycles. The fourth-order valence-electron chi connectivity index (χ4n) is 1.70. The molecule has 5 nitrogen and oxygen atoms in total. The number of rotatable bonds is 8. The third-order valence-electron chi connectivity index (χ3n) is 3.26. The number of carbonyl (C=O) groups excluding carboxylic acids is 1. The molecule has 116 valence electrons. The lowest BCUT2D eigenvalue weighted by atomic mass is 10.1. The number of ether oxygens (including phenoxy) is 1. The maximum atomic E-state index is 11.6. The average Bonchev–Trinajstić information content (AvgIpc) is 2.51. The van der Waals surface area contributed by atoms with Crippen molar-refractivity contribution in [2.75, 3.05) is 6.61 Å². The Morgan fingerprint density at radius 1 is 1.38 bits per heavy atom. The fraction of sp³-hybridized carbons (Fsp3) is 0.500. The van der Waals surface area contributed by atoms with Gasteiger partial charge in [-0.1, -0.05) is 24.2 Å². The van der Waals surface area contributed by atoms with Crippen LogP contribution in [0.4, 0.5) is 0 Å². The van der Waals surface area contributed by atoms with Crippen molar-refractivity contribution in [3.8, 4) is 5.75 Å². The number of oxime groups is 1. The quantitative estimate of drug-likeness (QED) is 0.440. The zero-order valence-corrected chi connectivity index (χ0v) is 12.9. The van der Waals surface area contributed by atoms with Crippen LogP contribution in [0.1, 0.15) is 39.2 Å². The molecule has 0 fully saturated rings. The minimum Gasteiger partial charge on any atom is -0.484 e. The number of nitrogens with zero attached hydrogens (tertiary/aromatic N) is 1. The van der Waals surface area contributed by atoms with E-state index in [1.165, 1.54) is 0 Å². The van der Waals surface area contributed by atoms with E-state index in [9.17, 15) is 4.79 Å². The first-order valence-corrected chi connectivity index (χ1v) is 7.23. The van der Waals surface area contributed by atoms with Gasteiger partial charge < -0.3 is 15.3 Å². The van der Waals surface area contributed by atoms with E-state index in [-0.39, 0.29) is 18.6 Å². The molecule has 1 unspecified atom stereocenters. The lowest BCUT2D eigenvalue weighted by Gasteiger charge is -2.12. The summed E-state index contributed by atoms with van der Waals surface area (Å²) in [7, 11) is 0. The first kappa shape index (κ1) is 17.0. The third-order valence-corrected chi connectivity index (χ3v) is 3.26.